The molecule has 19 heavy (non-hydrogen) atoms. The maximum absolute atomic E-state index is 11.9. The van der Waals surface area contributed by atoms with Crippen molar-refractivity contribution in [2.24, 2.45) is 5.92 Å². The Labute approximate surface area is 115 Å². The second-order valence-corrected chi connectivity index (χ2v) is 5.54. The highest BCUT2D eigenvalue weighted by molar-refractivity contribution is 5.70. The van der Waals surface area contributed by atoms with E-state index >= 15 is 0 Å². The summed E-state index contributed by atoms with van der Waals surface area (Å²) in [6.45, 7) is 2.18. The molecule has 0 aromatic heterocycles. The molecule has 0 radical (unpaired) electrons. The molecule has 1 aliphatic rings. The summed E-state index contributed by atoms with van der Waals surface area (Å²) < 4.78 is 5.59. The molecule has 0 heterocycles. The SMILES string of the molecule is CC1CCCCC1OC(=O)CCc1cccc(N)c1. The van der Waals surface area contributed by atoms with Gasteiger partial charge >= 0.3 is 5.97 Å². The zero-order chi connectivity index (χ0) is 13.7. The average molecular weight is 261 g/mol. The van der Waals surface area contributed by atoms with Crippen LogP contribution in [-0.2, 0) is 16.0 Å². The summed E-state index contributed by atoms with van der Waals surface area (Å²) in [6.07, 6.45) is 5.90. The van der Waals surface area contributed by atoms with Crippen molar-refractivity contribution in [1.29, 1.82) is 0 Å². The van der Waals surface area contributed by atoms with Gasteiger partial charge in [0.1, 0.15) is 6.10 Å². The molecule has 104 valence electrons. The fourth-order valence-electron chi connectivity index (χ4n) is 2.68. The quantitative estimate of drug-likeness (QED) is 0.668. The number of benzene rings is 1. The van der Waals surface area contributed by atoms with Crippen LogP contribution in [-0.4, -0.2) is 12.1 Å². The molecule has 3 nitrogen and oxygen atoms in total. The highest BCUT2D eigenvalue weighted by Crippen LogP contribution is 2.26. The van der Waals surface area contributed by atoms with Crippen LogP contribution in [0.1, 0.15) is 44.6 Å². The Morgan fingerprint density at radius 2 is 2.16 bits per heavy atom. The van der Waals surface area contributed by atoms with E-state index in [9.17, 15) is 4.79 Å². The Bertz CT molecular complexity index is 431. The first-order valence-corrected chi connectivity index (χ1v) is 7.19. The van der Waals surface area contributed by atoms with Crippen molar-refractivity contribution < 1.29 is 9.53 Å². The monoisotopic (exact) mass is 261 g/mol. The third-order valence-corrected chi connectivity index (χ3v) is 3.88. The number of rotatable bonds is 4. The summed E-state index contributed by atoms with van der Waals surface area (Å²) in [5, 5.41) is 0. The van der Waals surface area contributed by atoms with Gasteiger partial charge in [0.2, 0.25) is 0 Å². The van der Waals surface area contributed by atoms with E-state index in [0.29, 0.717) is 18.8 Å². The molecule has 1 fully saturated rings. The molecular formula is C16H23NO2. The third kappa shape index (κ3) is 4.27. The number of esters is 1. The lowest BCUT2D eigenvalue weighted by atomic mass is 9.88. The van der Waals surface area contributed by atoms with Crippen LogP contribution in [0.3, 0.4) is 0 Å². The van der Waals surface area contributed by atoms with Crippen LogP contribution < -0.4 is 5.73 Å². The maximum Gasteiger partial charge on any atom is 0.306 e. The van der Waals surface area contributed by atoms with Gasteiger partial charge in [0.15, 0.2) is 0 Å². The van der Waals surface area contributed by atoms with Gasteiger partial charge < -0.3 is 10.5 Å². The molecule has 0 saturated heterocycles. The lowest BCUT2D eigenvalue weighted by Gasteiger charge is -2.28. The van der Waals surface area contributed by atoms with E-state index in [2.05, 4.69) is 6.92 Å². The second-order valence-electron chi connectivity index (χ2n) is 5.54. The first kappa shape index (κ1) is 13.9. The zero-order valence-corrected chi connectivity index (χ0v) is 11.6. The van der Waals surface area contributed by atoms with Crippen LogP contribution in [0, 0.1) is 5.92 Å². The Balaban J connectivity index is 1.78. The zero-order valence-electron chi connectivity index (χ0n) is 11.6. The molecule has 0 aliphatic heterocycles. The Kier molecular flexibility index (Phi) is 4.83. The van der Waals surface area contributed by atoms with Crippen molar-refractivity contribution in [3.8, 4) is 0 Å². The van der Waals surface area contributed by atoms with Crippen molar-refractivity contribution in [2.45, 2.75) is 51.6 Å². The number of hydrogen-bond donors (Lipinski definition) is 1. The summed E-state index contributed by atoms with van der Waals surface area (Å²) >= 11 is 0. The van der Waals surface area contributed by atoms with E-state index in [-0.39, 0.29) is 12.1 Å². The molecule has 3 heteroatoms. The van der Waals surface area contributed by atoms with E-state index in [4.69, 9.17) is 10.5 Å². The number of hydrogen-bond acceptors (Lipinski definition) is 3. The topological polar surface area (TPSA) is 52.3 Å². The predicted octanol–water partition coefficient (Wildman–Crippen LogP) is 3.32. The van der Waals surface area contributed by atoms with E-state index < -0.39 is 0 Å². The van der Waals surface area contributed by atoms with Gasteiger partial charge in [0.25, 0.3) is 0 Å². The van der Waals surface area contributed by atoms with Crippen LogP contribution in [0.25, 0.3) is 0 Å². The fourth-order valence-corrected chi connectivity index (χ4v) is 2.68. The minimum atomic E-state index is -0.0822. The van der Waals surface area contributed by atoms with Crippen molar-refractivity contribution in [1.82, 2.24) is 0 Å². The second kappa shape index (κ2) is 6.60. The third-order valence-electron chi connectivity index (χ3n) is 3.88. The Morgan fingerprint density at radius 1 is 1.37 bits per heavy atom. The molecule has 1 aliphatic carbocycles. The lowest BCUT2D eigenvalue weighted by molar-refractivity contribution is -0.153. The van der Waals surface area contributed by atoms with E-state index in [0.717, 1.165) is 17.7 Å². The van der Waals surface area contributed by atoms with Crippen molar-refractivity contribution in [3.63, 3.8) is 0 Å². The molecule has 1 aromatic rings. The summed E-state index contributed by atoms with van der Waals surface area (Å²) in [5.74, 6) is 0.422. The lowest BCUT2D eigenvalue weighted by Crippen LogP contribution is -2.28. The Hall–Kier alpha value is -1.51. The Morgan fingerprint density at radius 3 is 2.89 bits per heavy atom. The van der Waals surface area contributed by atoms with E-state index in [1.807, 2.05) is 24.3 Å². The van der Waals surface area contributed by atoms with Crippen molar-refractivity contribution in [2.75, 3.05) is 5.73 Å². The van der Waals surface area contributed by atoms with Crippen LogP contribution in [0.2, 0.25) is 0 Å². The summed E-state index contributed by atoms with van der Waals surface area (Å²) in [4.78, 5) is 11.9. The number of nitrogen functional groups attached to an aromatic ring is 1. The van der Waals surface area contributed by atoms with Gasteiger partial charge in [-0.3, -0.25) is 4.79 Å². The van der Waals surface area contributed by atoms with Gasteiger partial charge in [-0.15, -0.1) is 0 Å². The highest BCUT2D eigenvalue weighted by atomic mass is 16.5. The van der Waals surface area contributed by atoms with Gasteiger partial charge in [0, 0.05) is 12.1 Å². The molecule has 1 saturated carbocycles. The van der Waals surface area contributed by atoms with Crippen LogP contribution in [0.15, 0.2) is 24.3 Å². The molecule has 0 bridgehead atoms. The molecule has 2 atom stereocenters. The maximum atomic E-state index is 11.9. The number of aryl methyl sites for hydroxylation is 1. The summed E-state index contributed by atoms with van der Waals surface area (Å²) in [5.41, 5.74) is 7.55. The first-order chi connectivity index (χ1) is 9.15. The van der Waals surface area contributed by atoms with Crippen LogP contribution in [0.5, 0.6) is 0 Å². The largest absolute Gasteiger partial charge is 0.462 e. The van der Waals surface area contributed by atoms with Gasteiger partial charge in [-0.05, 0) is 49.3 Å². The van der Waals surface area contributed by atoms with Crippen LogP contribution in [0.4, 0.5) is 5.69 Å². The minimum Gasteiger partial charge on any atom is -0.462 e. The van der Waals surface area contributed by atoms with E-state index in [1.165, 1.54) is 19.3 Å². The predicted molar refractivity (Wildman–Crippen MR) is 76.7 cm³/mol. The molecule has 1 aromatic carbocycles. The molecular weight excluding hydrogens is 238 g/mol. The average Bonchev–Trinajstić information content (AvgIpc) is 2.39. The van der Waals surface area contributed by atoms with Gasteiger partial charge in [-0.2, -0.15) is 0 Å². The van der Waals surface area contributed by atoms with Gasteiger partial charge in [0.05, 0.1) is 0 Å². The normalized spacial score (nSPS) is 23.0. The number of anilines is 1. The highest BCUT2D eigenvalue weighted by Gasteiger charge is 2.24. The summed E-state index contributed by atoms with van der Waals surface area (Å²) in [7, 11) is 0. The molecule has 0 spiro atoms. The molecule has 2 unspecified atom stereocenters. The van der Waals surface area contributed by atoms with Gasteiger partial charge in [-0.1, -0.05) is 25.5 Å². The smallest absolute Gasteiger partial charge is 0.306 e. The molecule has 0 amide bonds. The van der Waals surface area contributed by atoms with E-state index in [1.54, 1.807) is 0 Å². The van der Waals surface area contributed by atoms with Crippen molar-refractivity contribution >= 4 is 11.7 Å². The van der Waals surface area contributed by atoms with Crippen LogP contribution >= 0.6 is 0 Å². The standard InChI is InChI=1S/C16H23NO2/c1-12-5-2-3-8-15(12)19-16(18)10-9-13-6-4-7-14(17)11-13/h4,6-7,11-12,15H,2-3,5,8-10,17H2,1H3. The number of ether oxygens (including phenoxy) is 1. The number of carbonyl (C=O) groups excluding carboxylic acids is 1. The minimum absolute atomic E-state index is 0.0822. The number of nitrogens with two attached hydrogens (primary N) is 1. The molecule has 2 N–H and O–H groups in total. The summed E-state index contributed by atoms with van der Waals surface area (Å²) in [6, 6.07) is 7.67. The fraction of sp³-hybridized carbons (Fsp3) is 0.562. The van der Waals surface area contributed by atoms with Gasteiger partial charge in [-0.25, -0.2) is 0 Å². The number of carbonyl (C=O) groups is 1. The van der Waals surface area contributed by atoms with Crippen molar-refractivity contribution in [3.05, 3.63) is 29.8 Å². The molecule has 2 rings (SSSR count). The first-order valence-electron chi connectivity index (χ1n) is 7.19.